The molecule has 10 heteroatoms. The Bertz CT molecular complexity index is 913. The van der Waals surface area contributed by atoms with E-state index < -0.39 is 15.9 Å². The van der Waals surface area contributed by atoms with Crippen LogP contribution in [0.3, 0.4) is 0 Å². The highest BCUT2D eigenvalue weighted by Crippen LogP contribution is 2.30. The molecule has 27 heavy (non-hydrogen) atoms. The zero-order valence-electron chi connectivity index (χ0n) is 15.5. The molecule has 1 amide bonds. The average molecular weight is 393 g/mol. The lowest BCUT2D eigenvalue weighted by Gasteiger charge is -2.21. The molecule has 0 aliphatic heterocycles. The molecule has 0 spiro atoms. The van der Waals surface area contributed by atoms with Gasteiger partial charge in [0.15, 0.2) is 11.5 Å². The molecule has 0 fully saturated rings. The molecule has 9 nitrogen and oxygen atoms in total. The topological polar surface area (TPSA) is 128 Å². The number of rotatable bonds is 8. The van der Waals surface area contributed by atoms with Gasteiger partial charge in [0, 0.05) is 31.2 Å². The maximum Gasteiger partial charge on any atom is 0.278 e. The standard InChI is InChI=1S/C17H23N5O4S/c1-4-22(5-2)27(24,25)14-11-12(7-8-13(14)26-6-3)21-17(23)15-16(18)20-10-9-19-15/h7-11H,4-6H2,1-3H3,(H2,18,20)(H,21,23). The van der Waals surface area contributed by atoms with Gasteiger partial charge in [0.05, 0.1) is 6.61 Å². The zero-order valence-corrected chi connectivity index (χ0v) is 16.3. The molecule has 0 aliphatic rings. The summed E-state index contributed by atoms with van der Waals surface area (Å²) in [5, 5.41) is 2.60. The van der Waals surface area contributed by atoms with Crippen molar-refractivity contribution in [3.05, 3.63) is 36.3 Å². The summed E-state index contributed by atoms with van der Waals surface area (Å²) >= 11 is 0. The van der Waals surface area contributed by atoms with E-state index in [0.717, 1.165) is 0 Å². The first-order chi connectivity index (χ1) is 12.8. The van der Waals surface area contributed by atoms with Gasteiger partial charge in [-0.3, -0.25) is 4.79 Å². The summed E-state index contributed by atoms with van der Waals surface area (Å²) in [6, 6.07) is 4.43. The van der Waals surface area contributed by atoms with Crippen molar-refractivity contribution in [3.63, 3.8) is 0 Å². The lowest BCUT2D eigenvalue weighted by molar-refractivity contribution is 0.102. The Kier molecular flexibility index (Phi) is 6.70. The van der Waals surface area contributed by atoms with Crippen LogP contribution in [-0.2, 0) is 10.0 Å². The van der Waals surface area contributed by atoms with Gasteiger partial charge in [-0.15, -0.1) is 0 Å². The van der Waals surface area contributed by atoms with Gasteiger partial charge in [0.25, 0.3) is 5.91 Å². The number of ether oxygens (including phenoxy) is 1. The second-order valence-electron chi connectivity index (χ2n) is 5.43. The summed E-state index contributed by atoms with van der Waals surface area (Å²) < 4.78 is 32.7. The predicted molar refractivity (Wildman–Crippen MR) is 102 cm³/mol. The smallest absolute Gasteiger partial charge is 0.278 e. The van der Waals surface area contributed by atoms with Crippen LogP contribution in [0.2, 0.25) is 0 Å². The number of amides is 1. The molecule has 1 aromatic carbocycles. The van der Waals surface area contributed by atoms with Crippen LogP contribution in [0.15, 0.2) is 35.5 Å². The second-order valence-corrected chi connectivity index (χ2v) is 7.33. The Balaban J connectivity index is 2.43. The number of sulfonamides is 1. The van der Waals surface area contributed by atoms with Gasteiger partial charge in [0.1, 0.15) is 10.6 Å². The molecular weight excluding hydrogens is 370 g/mol. The van der Waals surface area contributed by atoms with Crippen molar-refractivity contribution >= 4 is 27.4 Å². The minimum Gasteiger partial charge on any atom is -0.492 e. The number of hydrogen-bond donors (Lipinski definition) is 2. The number of carbonyl (C=O) groups excluding carboxylic acids is 1. The molecule has 1 heterocycles. The largest absolute Gasteiger partial charge is 0.492 e. The van der Waals surface area contributed by atoms with Crippen molar-refractivity contribution in [1.29, 1.82) is 0 Å². The second kappa shape index (κ2) is 8.78. The Hall–Kier alpha value is -2.72. The van der Waals surface area contributed by atoms with Crippen molar-refractivity contribution in [2.24, 2.45) is 0 Å². The fourth-order valence-electron chi connectivity index (χ4n) is 2.48. The molecule has 0 saturated heterocycles. The Morgan fingerprint density at radius 1 is 1.19 bits per heavy atom. The van der Waals surface area contributed by atoms with Crippen LogP contribution in [0.4, 0.5) is 11.5 Å². The number of nitrogens with zero attached hydrogens (tertiary/aromatic N) is 3. The third-order valence-electron chi connectivity index (χ3n) is 3.77. The molecule has 0 saturated carbocycles. The van der Waals surface area contributed by atoms with Crippen molar-refractivity contribution in [2.75, 3.05) is 30.7 Å². The van der Waals surface area contributed by atoms with E-state index in [2.05, 4.69) is 15.3 Å². The van der Waals surface area contributed by atoms with Gasteiger partial charge in [-0.1, -0.05) is 13.8 Å². The summed E-state index contributed by atoms with van der Waals surface area (Å²) in [5.41, 5.74) is 5.89. The average Bonchev–Trinajstić information content (AvgIpc) is 2.64. The number of carbonyl (C=O) groups is 1. The van der Waals surface area contributed by atoms with Crippen LogP contribution in [0.5, 0.6) is 5.75 Å². The minimum atomic E-state index is -3.78. The number of hydrogen-bond acceptors (Lipinski definition) is 7. The summed E-state index contributed by atoms with van der Waals surface area (Å²) in [4.78, 5) is 20.1. The first kappa shape index (κ1) is 20.6. The molecule has 1 aromatic heterocycles. The van der Waals surface area contributed by atoms with Crippen LogP contribution in [0.1, 0.15) is 31.3 Å². The number of nitrogen functional groups attached to an aromatic ring is 1. The lowest BCUT2D eigenvalue weighted by Crippen LogP contribution is -2.31. The van der Waals surface area contributed by atoms with Crippen LogP contribution in [0.25, 0.3) is 0 Å². The van der Waals surface area contributed by atoms with E-state index >= 15 is 0 Å². The Morgan fingerprint density at radius 3 is 2.44 bits per heavy atom. The summed E-state index contributed by atoms with van der Waals surface area (Å²) in [6.45, 7) is 6.21. The Labute approximate surface area is 158 Å². The van der Waals surface area contributed by atoms with Gasteiger partial charge in [-0.2, -0.15) is 4.31 Å². The maximum atomic E-state index is 12.9. The van der Waals surface area contributed by atoms with Gasteiger partial charge >= 0.3 is 0 Å². The number of aromatic nitrogens is 2. The summed E-state index contributed by atoms with van der Waals surface area (Å²) in [7, 11) is -3.78. The summed E-state index contributed by atoms with van der Waals surface area (Å²) in [5.74, 6) is -0.380. The molecule has 0 atom stereocenters. The number of benzene rings is 1. The molecular formula is C17H23N5O4S. The third-order valence-corrected chi connectivity index (χ3v) is 5.84. The number of nitrogens with two attached hydrogens (primary N) is 1. The van der Waals surface area contributed by atoms with Crippen molar-refractivity contribution in [1.82, 2.24) is 14.3 Å². The normalized spacial score (nSPS) is 11.4. The van der Waals surface area contributed by atoms with Crippen LogP contribution in [-0.4, -0.2) is 48.3 Å². The SMILES string of the molecule is CCOc1ccc(NC(=O)c2nccnc2N)cc1S(=O)(=O)N(CC)CC. The van der Waals surface area contributed by atoms with Crippen LogP contribution < -0.4 is 15.8 Å². The van der Waals surface area contributed by atoms with E-state index in [0.29, 0.717) is 19.7 Å². The number of anilines is 2. The van der Waals surface area contributed by atoms with Gasteiger partial charge in [0.2, 0.25) is 10.0 Å². The van der Waals surface area contributed by atoms with E-state index in [1.54, 1.807) is 26.8 Å². The van der Waals surface area contributed by atoms with Crippen LogP contribution in [0, 0.1) is 0 Å². The first-order valence-electron chi connectivity index (χ1n) is 8.49. The van der Waals surface area contributed by atoms with E-state index in [-0.39, 0.29) is 27.8 Å². The monoisotopic (exact) mass is 393 g/mol. The molecule has 2 rings (SSSR count). The molecule has 0 aliphatic carbocycles. The molecule has 0 bridgehead atoms. The molecule has 146 valence electrons. The van der Waals surface area contributed by atoms with Gasteiger partial charge < -0.3 is 15.8 Å². The first-order valence-corrected chi connectivity index (χ1v) is 9.93. The quantitative estimate of drug-likeness (QED) is 0.699. The van der Waals surface area contributed by atoms with E-state index in [1.807, 2.05) is 0 Å². The maximum absolute atomic E-state index is 12.9. The highest BCUT2D eigenvalue weighted by atomic mass is 32.2. The molecule has 3 N–H and O–H groups in total. The van der Waals surface area contributed by atoms with E-state index in [4.69, 9.17) is 10.5 Å². The molecule has 0 unspecified atom stereocenters. The van der Waals surface area contributed by atoms with Crippen molar-refractivity contribution in [2.45, 2.75) is 25.7 Å². The summed E-state index contributed by atoms with van der Waals surface area (Å²) in [6.07, 6.45) is 2.72. The number of nitrogens with one attached hydrogen (secondary N) is 1. The minimum absolute atomic E-state index is 0.0158. The highest BCUT2D eigenvalue weighted by Gasteiger charge is 2.26. The fraction of sp³-hybridized carbons (Fsp3) is 0.353. The van der Waals surface area contributed by atoms with Gasteiger partial charge in [-0.05, 0) is 25.1 Å². The van der Waals surface area contributed by atoms with Crippen molar-refractivity contribution in [3.8, 4) is 5.75 Å². The highest BCUT2D eigenvalue weighted by molar-refractivity contribution is 7.89. The van der Waals surface area contributed by atoms with E-state index in [1.165, 1.54) is 28.8 Å². The van der Waals surface area contributed by atoms with Crippen molar-refractivity contribution < 1.29 is 17.9 Å². The third kappa shape index (κ3) is 4.52. The van der Waals surface area contributed by atoms with Crippen LogP contribution >= 0.6 is 0 Å². The lowest BCUT2D eigenvalue weighted by atomic mass is 10.3. The molecule has 2 aromatic rings. The fourth-order valence-corrected chi connectivity index (χ4v) is 4.09. The zero-order chi connectivity index (χ0) is 20.0. The molecule has 0 radical (unpaired) electrons. The predicted octanol–water partition coefficient (Wildman–Crippen LogP) is 1.74. The van der Waals surface area contributed by atoms with Gasteiger partial charge in [-0.25, -0.2) is 18.4 Å². The van der Waals surface area contributed by atoms with E-state index in [9.17, 15) is 13.2 Å². The Morgan fingerprint density at radius 2 is 1.85 bits per heavy atom.